The van der Waals surface area contributed by atoms with Crippen LogP contribution in [-0.4, -0.2) is 27.9 Å². The molecule has 1 rings (SSSR count). The van der Waals surface area contributed by atoms with Gasteiger partial charge >= 0.3 is 0 Å². The molecule has 0 radical (unpaired) electrons. The highest BCUT2D eigenvalue weighted by Crippen LogP contribution is 1.91. The van der Waals surface area contributed by atoms with Gasteiger partial charge in [-0.05, 0) is 0 Å². The molecule has 0 spiro atoms. The summed E-state index contributed by atoms with van der Waals surface area (Å²) in [5, 5.41) is 8.41. The molecule has 1 aromatic heterocycles. The molecule has 5 nitrogen and oxygen atoms in total. The zero-order valence-electron chi connectivity index (χ0n) is 5.49. The number of rotatable bonds is 3. The number of nitrogen functional groups attached to an aromatic ring is 1. The van der Waals surface area contributed by atoms with E-state index >= 15 is 0 Å². The molecule has 0 unspecified atom stereocenters. The highest BCUT2D eigenvalue weighted by atomic mass is 16.3. The molecule has 0 amide bonds. The molecule has 4 N–H and O–H groups in total. The fourth-order valence-electron chi connectivity index (χ4n) is 0.604. The number of anilines is 1. The Morgan fingerprint density at radius 2 is 2.60 bits per heavy atom. The van der Waals surface area contributed by atoms with Gasteiger partial charge in [0.2, 0.25) is 0 Å². The average Bonchev–Trinajstić information content (AvgIpc) is 2.31. The van der Waals surface area contributed by atoms with Crippen molar-refractivity contribution >= 4 is 5.82 Å². The molecule has 0 saturated carbocycles. The van der Waals surface area contributed by atoms with E-state index < -0.39 is 0 Å². The third kappa shape index (κ3) is 1.63. The van der Waals surface area contributed by atoms with Gasteiger partial charge in [0, 0.05) is 0 Å². The quantitative estimate of drug-likeness (QED) is 0.506. The van der Waals surface area contributed by atoms with Crippen LogP contribution in [0.15, 0.2) is 12.5 Å². The number of nitrogens with one attached hydrogen (secondary N) is 1. The fraction of sp³-hybridized carbons (Fsp3) is 0.400. The maximum Gasteiger partial charge on any atom is 0.143 e. The van der Waals surface area contributed by atoms with Crippen molar-refractivity contribution in [1.82, 2.24) is 9.66 Å². The molecule has 1 aromatic rings. The Kier molecular flexibility index (Phi) is 2.11. The summed E-state index contributed by atoms with van der Waals surface area (Å²) in [5.74, 6) is 0.463. The number of aliphatic hydroxyl groups is 1. The third-order valence-electron chi connectivity index (χ3n) is 1.01. The van der Waals surface area contributed by atoms with Crippen LogP contribution in [0.2, 0.25) is 0 Å². The standard InChI is InChI=1S/C5H10N4O/c6-5-3-9(4-7-5)8-1-2-10/h3-4,8,10H,1-2,6H2. The van der Waals surface area contributed by atoms with Gasteiger partial charge < -0.3 is 16.3 Å². The number of nitrogens with two attached hydrogens (primary N) is 1. The number of aliphatic hydroxyl groups excluding tert-OH is 1. The molecular weight excluding hydrogens is 132 g/mol. The second-order valence-corrected chi connectivity index (χ2v) is 1.84. The van der Waals surface area contributed by atoms with Crippen LogP contribution >= 0.6 is 0 Å². The van der Waals surface area contributed by atoms with E-state index in [1.807, 2.05) is 0 Å². The van der Waals surface area contributed by atoms with Crippen LogP contribution in [0, 0.1) is 0 Å². The molecule has 0 aromatic carbocycles. The molecule has 5 heteroatoms. The summed E-state index contributed by atoms with van der Waals surface area (Å²) < 4.78 is 1.60. The van der Waals surface area contributed by atoms with Crippen LogP contribution < -0.4 is 11.2 Å². The minimum atomic E-state index is 0.0953. The van der Waals surface area contributed by atoms with Crippen LogP contribution in [0.3, 0.4) is 0 Å². The molecule has 0 aliphatic heterocycles. The van der Waals surface area contributed by atoms with E-state index in [-0.39, 0.29) is 6.61 Å². The first kappa shape index (κ1) is 6.88. The molecule has 0 aliphatic rings. The van der Waals surface area contributed by atoms with E-state index in [1.54, 1.807) is 17.2 Å². The van der Waals surface area contributed by atoms with Crippen molar-refractivity contribution in [3.63, 3.8) is 0 Å². The minimum absolute atomic E-state index is 0.0953. The maximum absolute atomic E-state index is 8.41. The Labute approximate surface area is 58.5 Å². The highest BCUT2D eigenvalue weighted by molar-refractivity contribution is 5.22. The van der Waals surface area contributed by atoms with Gasteiger partial charge in [-0.1, -0.05) is 0 Å². The average molecular weight is 142 g/mol. The molecule has 1 heterocycles. The Balaban J connectivity index is 2.42. The van der Waals surface area contributed by atoms with Gasteiger partial charge in [0.25, 0.3) is 0 Å². The summed E-state index contributed by atoms with van der Waals surface area (Å²) in [5.41, 5.74) is 8.16. The molecule has 0 aliphatic carbocycles. The van der Waals surface area contributed by atoms with Crippen molar-refractivity contribution in [2.45, 2.75) is 0 Å². The van der Waals surface area contributed by atoms with Crippen molar-refractivity contribution < 1.29 is 5.11 Å². The van der Waals surface area contributed by atoms with Crippen molar-refractivity contribution in [3.8, 4) is 0 Å². The molecule has 10 heavy (non-hydrogen) atoms. The van der Waals surface area contributed by atoms with Gasteiger partial charge in [-0.2, -0.15) is 0 Å². The van der Waals surface area contributed by atoms with Crippen LogP contribution in [-0.2, 0) is 0 Å². The van der Waals surface area contributed by atoms with Crippen LogP contribution in [0.4, 0.5) is 5.82 Å². The van der Waals surface area contributed by atoms with Crippen molar-refractivity contribution in [1.29, 1.82) is 0 Å². The SMILES string of the molecule is Nc1cn(NCCO)cn1. The Morgan fingerprint density at radius 1 is 1.80 bits per heavy atom. The summed E-state index contributed by atoms with van der Waals surface area (Å²) in [6.45, 7) is 0.591. The lowest BCUT2D eigenvalue weighted by atomic mass is 10.7. The van der Waals surface area contributed by atoms with Gasteiger partial charge in [0.15, 0.2) is 0 Å². The van der Waals surface area contributed by atoms with Gasteiger partial charge in [-0.25, -0.2) is 4.98 Å². The third-order valence-corrected chi connectivity index (χ3v) is 1.01. The van der Waals surface area contributed by atoms with E-state index in [1.165, 1.54) is 0 Å². The lowest BCUT2D eigenvalue weighted by molar-refractivity contribution is 0.307. The predicted molar refractivity (Wildman–Crippen MR) is 38.0 cm³/mol. The first-order chi connectivity index (χ1) is 4.83. The normalized spacial score (nSPS) is 9.70. The van der Waals surface area contributed by atoms with E-state index in [0.29, 0.717) is 12.4 Å². The van der Waals surface area contributed by atoms with Gasteiger partial charge in [0.1, 0.15) is 12.1 Å². The van der Waals surface area contributed by atoms with Crippen LogP contribution in [0.25, 0.3) is 0 Å². The predicted octanol–water partition coefficient (Wildman–Crippen LogP) is -0.999. The second-order valence-electron chi connectivity index (χ2n) is 1.84. The molecule has 0 bridgehead atoms. The first-order valence-corrected chi connectivity index (χ1v) is 2.97. The zero-order chi connectivity index (χ0) is 7.40. The Bertz CT molecular complexity index is 197. The minimum Gasteiger partial charge on any atom is -0.394 e. The summed E-state index contributed by atoms with van der Waals surface area (Å²) >= 11 is 0. The van der Waals surface area contributed by atoms with E-state index in [0.717, 1.165) is 0 Å². The van der Waals surface area contributed by atoms with Crippen LogP contribution in [0.5, 0.6) is 0 Å². The molecule has 0 saturated heterocycles. The largest absolute Gasteiger partial charge is 0.394 e. The molecular formula is C5H10N4O. The topological polar surface area (TPSA) is 76.1 Å². The van der Waals surface area contributed by atoms with Crippen molar-refractivity contribution in [3.05, 3.63) is 12.5 Å². The van der Waals surface area contributed by atoms with Crippen LogP contribution in [0.1, 0.15) is 0 Å². The zero-order valence-corrected chi connectivity index (χ0v) is 5.49. The van der Waals surface area contributed by atoms with E-state index in [2.05, 4.69) is 10.4 Å². The monoisotopic (exact) mass is 142 g/mol. The van der Waals surface area contributed by atoms with Gasteiger partial charge in [-0.15, -0.1) is 0 Å². The number of hydrogen-bond donors (Lipinski definition) is 3. The lowest BCUT2D eigenvalue weighted by Crippen LogP contribution is -2.16. The van der Waals surface area contributed by atoms with E-state index in [4.69, 9.17) is 10.8 Å². The Morgan fingerprint density at radius 3 is 3.10 bits per heavy atom. The summed E-state index contributed by atoms with van der Waals surface area (Å²) in [4.78, 5) is 3.77. The summed E-state index contributed by atoms with van der Waals surface area (Å²) in [7, 11) is 0. The Hall–Kier alpha value is -1.23. The maximum atomic E-state index is 8.41. The van der Waals surface area contributed by atoms with Crippen molar-refractivity contribution in [2.75, 3.05) is 24.3 Å². The fourth-order valence-corrected chi connectivity index (χ4v) is 0.604. The number of imidazole rings is 1. The second kappa shape index (κ2) is 3.07. The number of hydrogen-bond acceptors (Lipinski definition) is 4. The number of aromatic nitrogens is 2. The highest BCUT2D eigenvalue weighted by Gasteiger charge is 1.89. The number of nitrogens with zero attached hydrogens (tertiary/aromatic N) is 2. The smallest absolute Gasteiger partial charge is 0.143 e. The first-order valence-electron chi connectivity index (χ1n) is 2.97. The molecule has 0 atom stereocenters. The summed E-state index contributed by atoms with van der Waals surface area (Å²) in [6.07, 6.45) is 3.18. The van der Waals surface area contributed by atoms with Gasteiger partial charge in [-0.3, -0.25) is 4.68 Å². The van der Waals surface area contributed by atoms with E-state index in [9.17, 15) is 0 Å². The van der Waals surface area contributed by atoms with Gasteiger partial charge in [0.05, 0.1) is 19.3 Å². The molecule has 0 fully saturated rings. The lowest BCUT2D eigenvalue weighted by Gasteiger charge is -2.01. The van der Waals surface area contributed by atoms with Crippen molar-refractivity contribution in [2.24, 2.45) is 0 Å². The summed E-state index contributed by atoms with van der Waals surface area (Å²) in [6, 6.07) is 0. The molecule has 56 valence electrons.